The third kappa shape index (κ3) is 1.18. The van der Waals surface area contributed by atoms with Crippen LogP contribution in [0.2, 0.25) is 0 Å². The summed E-state index contributed by atoms with van der Waals surface area (Å²) in [6, 6.07) is 8.00. The molecule has 0 atom stereocenters. The van der Waals surface area contributed by atoms with Gasteiger partial charge in [0.25, 0.3) is 0 Å². The fraction of sp³-hybridized carbons (Fsp3) is 0.182. The standard InChI is InChI=1S/C11H14B2N4/c1-16-10-7(14)3-2-4-8(10)17-9(5-6-15-17)11(16,12)13/h2-6H,12-14H2,1H3. The SMILES string of the molecule is BC1(B)c2ccnn2-c2cccc(N)c2N1C. The normalized spacial score (nSPS) is 16.4. The minimum Gasteiger partial charge on any atom is -0.397 e. The summed E-state index contributed by atoms with van der Waals surface area (Å²) >= 11 is 0. The van der Waals surface area contributed by atoms with Crippen LogP contribution in [0.1, 0.15) is 5.69 Å². The highest BCUT2D eigenvalue weighted by molar-refractivity contribution is 6.41. The molecule has 0 bridgehead atoms. The number of hydrogen-bond acceptors (Lipinski definition) is 3. The summed E-state index contributed by atoms with van der Waals surface area (Å²) in [4.78, 5) is 2.22. The van der Waals surface area contributed by atoms with Gasteiger partial charge in [0.1, 0.15) is 15.7 Å². The Morgan fingerprint density at radius 1 is 1.29 bits per heavy atom. The molecule has 84 valence electrons. The monoisotopic (exact) mass is 224 g/mol. The Kier molecular flexibility index (Phi) is 1.88. The van der Waals surface area contributed by atoms with Gasteiger partial charge in [-0.15, -0.1) is 0 Å². The van der Waals surface area contributed by atoms with Crippen molar-refractivity contribution in [3.63, 3.8) is 0 Å². The van der Waals surface area contributed by atoms with Crippen molar-refractivity contribution in [1.82, 2.24) is 9.78 Å². The van der Waals surface area contributed by atoms with E-state index in [1.807, 2.05) is 29.1 Å². The molecule has 0 unspecified atom stereocenters. The summed E-state index contributed by atoms with van der Waals surface area (Å²) in [5.41, 5.74) is 10.2. The number of nitrogen functional groups attached to an aromatic ring is 1. The number of aromatic nitrogens is 2. The molecule has 0 fully saturated rings. The quantitative estimate of drug-likeness (QED) is 0.474. The molecule has 1 aliphatic heterocycles. The third-order valence-electron chi connectivity index (χ3n) is 3.72. The van der Waals surface area contributed by atoms with Gasteiger partial charge in [-0.05, 0) is 18.2 Å². The number of benzene rings is 1. The van der Waals surface area contributed by atoms with Crippen LogP contribution < -0.4 is 10.6 Å². The molecule has 17 heavy (non-hydrogen) atoms. The van der Waals surface area contributed by atoms with Crippen LogP contribution in [-0.4, -0.2) is 32.5 Å². The summed E-state index contributed by atoms with van der Waals surface area (Å²) in [7, 11) is 6.43. The van der Waals surface area contributed by atoms with E-state index in [9.17, 15) is 0 Å². The number of fused-ring (bicyclic) bond motifs is 3. The van der Waals surface area contributed by atoms with Crippen LogP contribution in [0.4, 0.5) is 11.4 Å². The van der Waals surface area contributed by atoms with E-state index in [1.165, 1.54) is 5.69 Å². The van der Waals surface area contributed by atoms with Crippen LogP contribution in [0.25, 0.3) is 5.69 Å². The maximum absolute atomic E-state index is 6.10. The van der Waals surface area contributed by atoms with Crippen molar-refractivity contribution in [3.8, 4) is 5.69 Å². The molecule has 0 spiro atoms. The molecule has 0 saturated carbocycles. The Morgan fingerprint density at radius 2 is 2.06 bits per heavy atom. The lowest BCUT2D eigenvalue weighted by molar-refractivity contribution is 0.678. The van der Waals surface area contributed by atoms with Gasteiger partial charge in [0, 0.05) is 18.6 Å². The molecular formula is C11H14B2N4. The number of nitrogens with two attached hydrogens (primary N) is 1. The minimum atomic E-state index is -0.112. The second-order valence-electron chi connectivity index (χ2n) is 4.96. The number of para-hydroxylation sites is 1. The van der Waals surface area contributed by atoms with E-state index in [1.54, 1.807) is 0 Å². The van der Waals surface area contributed by atoms with Gasteiger partial charge in [-0.3, -0.25) is 0 Å². The van der Waals surface area contributed by atoms with Crippen molar-refractivity contribution < 1.29 is 0 Å². The lowest BCUT2D eigenvalue weighted by atomic mass is 9.58. The highest BCUT2D eigenvalue weighted by atomic mass is 15.3. The molecule has 2 N–H and O–H groups in total. The maximum atomic E-state index is 6.10. The lowest BCUT2D eigenvalue weighted by Crippen LogP contribution is -2.49. The summed E-state index contributed by atoms with van der Waals surface area (Å²) in [5, 5.41) is 4.29. The van der Waals surface area contributed by atoms with Crippen molar-refractivity contribution in [2.24, 2.45) is 0 Å². The summed E-state index contributed by atoms with van der Waals surface area (Å²) in [6.07, 6.45) is 1.84. The Morgan fingerprint density at radius 3 is 2.82 bits per heavy atom. The molecular weight excluding hydrogens is 210 g/mol. The van der Waals surface area contributed by atoms with Crippen LogP contribution in [-0.2, 0) is 5.34 Å². The van der Waals surface area contributed by atoms with Gasteiger partial charge < -0.3 is 10.6 Å². The van der Waals surface area contributed by atoms with Gasteiger partial charge in [-0.25, -0.2) is 4.68 Å². The first kappa shape index (κ1) is 10.3. The van der Waals surface area contributed by atoms with Crippen LogP contribution >= 0.6 is 0 Å². The van der Waals surface area contributed by atoms with Crippen molar-refractivity contribution in [2.75, 3.05) is 17.7 Å². The van der Waals surface area contributed by atoms with Crippen LogP contribution in [0.15, 0.2) is 30.5 Å². The molecule has 2 heterocycles. The smallest absolute Gasteiger partial charge is 0.131 e. The largest absolute Gasteiger partial charge is 0.397 e. The average Bonchev–Trinajstić information content (AvgIpc) is 2.76. The molecule has 1 aromatic heterocycles. The molecule has 1 aromatic carbocycles. The molecule has 1 aliphatic rings. The molecule has 4 nitrogen and oxygen atoms in total. The van der Waals surface area contributed by atoms with E-state index in [4.69, 9.17) is 5.73 Å². The van der Waals surface area contributed by atoms with Crippen LogP contribution in [0.5, 0.6) is 0 Å². The van der Waals surface area contributed by atoms with E-state index < -0.39 is 0 Å². The first-order valence-electron chi connectivity index (χ1n) is 5.70. The van der Waals surface area contributed by atoms with Crippen molar-refractivity contribution in [3.05, 3.63) is 36.2 Å². The first-order chi connectivity index (χ1) is 8.03. The molecule has 2 aromatic rings. The highest BCUT2D eigenvalue weighted by Gasteiger charge is 2.36. The Bertz CT molecular complexity index is 591. The van der Waals surface area contributed by atoms with Gasteiger partial charge in [-0.1, -0.05) is 6.07 Å². The van der Waals surface area contributed by atoms with E-state index in [0.717, 1.165) is 17.1 Å². The number of rotatable bonds is 0. The second kappa shape index (κ2) is 3.09. The highest BCUT2D eigenvalue weighted by Crippen LogP contribution is 2.40. The van der Waals surface area contributed by atoms with E-state index in [-0.39, 0.29) is 5.34 Å². The number of nitrogens with zero attached hydrogens (tertiary/aromatic N) is 3. The zero-order valence-corrected chi connectivity index (χ0v) is 10.3. The molecule has 0 saturated heterocycles. The van der Waals surface area contributed by atoms with E-state index in [0.29, 0.717) is 0 Å². The zero-order chi connectivity index (χ0) is 12.2. The summed E-state index contributed by atoms with van der Waals surface area (Å²) in [5.74, 6) is 0. The van der Waals surface area contributed by atoms with E-state index in [2.05, 4.69) is 38.8 Å². The Labute approximate surface area is 102 Å². The van der Waals surface area contributed by atoms with Gasteiger partial charge in [0.15, 0.2) is 0 Å². The predicted octanol–water partition coefficient (Wildman–Crippen LogP) is -0.719. The minimum absolute atomic E-state index is 0.112. The van der Waals surface area contributed by atoms with Gasteiger partial charge >= 0.3 is 0 Å². The fourth-order valence-corrected chi connectivity index (χ4v) is 2.49. The van der Waals surface area contributed by atoms with Gasteiger partial charge in [0.2, 0.25) is 0 Å². The lowest BCUT2D eigenvalue weighted by Gasteiger charge is -2.43. The van der Waals surface area contributed by atoms with E-state index >= 15 is 0 Å². The number of hydrogen-bond donors (Lipinski definition) is 1. The van der Waals surface area contributed by atoms with Crippen molar-refractivity contribution >= 4 is 27.1 Å². The average molecular weight is 224 g/mol. The maximum Gasteiger partial charge on any atom is 0.131 e. The third-order valence-corrected chi connectivity index (χ3v) is 3.72. The van der Waals surface area contributed by atoms with Crippen molar-refractivity contribution in [2.45, 2.75) is 5.34 Å². The molecule has 0 amide bonds. The topological polar surface area (TPSA) is 47.1 Å². The first-order valence-corrected chi connectivity index (χ1v) is 5.70. The Hall–Kier alpha value is -1.84. The van der Waals surface area contributed by atoms with Crippen LogP contribution in [0.3, 0.4) is 0 Å². The van der Waals surface area contributed by atoms with Gasteiger partial charge in [-0.2, -0.15) is 5.10 Å². The number of anilines is 2. The molecule has 6 heteroatoms. The Balaban J connectivity index is 2.39. The second-order valence-corrected chi connectivity index (χ2v) is 4.96. The summed E-state index contributed by atoms with van der Waals surface area (Å²) < 4.78 is 1.98. The molecule has 3 rings (SSSR count). The molecule has 0 aliphatic carbocycles. The molecule has 0 radical (unpaired) electrons. The predicted molar refractivity (Wildman–Crippen MR) is 75.1 cm³/mol. The fourth-order valence-electron chi connectivity index (χ4n) is 2.49. The summed E-state index contributed by atoms with van der Waals surface area (Å²) in [6.45, 7) is 0. The van der Waals surface area contributed by atoms with Gasteiger partial charge in [0.05, 0.1) is 22.8 Å². The van der Waals surface area contributed by atoms with Crippen molar-refractivity contribution in [1.29, 1.82) is 0 Å². The van der Waals surface area contributed by atoms with Crippen LogP contribution in [0, 0.1) is 0 Å². The zero-order valence-electron chi connectivity index (χ0n) is 10.3.